The van der Waals surface area contributed by atoms with Gasteiger partial charge in [-0.3, -0.25) is 0 Å². The quantitative estimate of drug-likeness (QED) is 0.496. The van der Waals surface area contributed by atoms with Gasteiger partial charge in [-0.25, -0.2) is 9.55 Å². The Morgan fingerprint density at radius 2 is 1.83 bits per heavy atom. The van der Waals surface area contributed by atoms with Crippen LogP contribution in [0.3, 0.4) is 0 Å². The highest BCUT2D eigenvalue weighted by Crippen LogP contribution is 2.29. The number of nitrogens with zero attached hydrogens (tertiary/aromatic N) is 4. The summed E-state index contributed by atoms with van der Waals surface area (Å²) in [5, 5.41) is 24.3. The summed E-state index contributed by atoms with van der Waals surface area (Å²) in [6.07, 6.45) is 11.8. The van der Waals surface area contributed by atoms with Gasteiger partial charge in [0.05, 0.1) is 0 Å². The van der Waals surface area contributed by atoms with E-state index >= 15 is 0 Å². The molecule has 1 aromatic heterocycles. The van der Waals surface area contributed by atoms with E-state index in [-0.39, 0.29) is 11.9 Å². The largest absolute Gasteiger partial charge is 0.411 e. The Labute approximate surface area is 136 Å². The van der Waals surface area contributed by atoms with Crippen molar-refractivity contribution < 1.29 is 10.1 Å². The van der Waals surface area contributed by atoms with Crippen LogP contribution in [-0.2, 0) is 0 Å². The van der Waals surface area contributed by atoms with Crippen LogP contribution in [0.25, 0.3) is 0 Å². The summed E-state index contributed by atoms with van der Waals surface area (Å²) < 4.78 is 1.63. The Bertz CT molecular complexity index is 554. The van der Waals surface area contributed by atoms with Crippen LogP contribution >= 0.6 is 0 Å². The number of hydrogen-bond acceptors (Lipinski definition) is 5. The number of aromatic nitrogens is 2. The summed E-state index contributed by atoms with van der Waals surface area (Å²) in [5.74, 6) is 0.565. The van der Waals surface area contributed by atoms with Crippen LogP contribution in [0.5, 0.6) is 0 Å². The summed E-state index contributed by atoms with van der Waals surface area (Å²) in [6, 6.07) is -0.276. The lowest BCUT2D eigenvalue weighted by atomic mass is 9.96. The van der Waals surface area contributed by atoms with Crippen LogP contribution < -0.4 is 0 Å². The molecule has 0 aromatic carbocycles. The molecule has 1 N–H and O–H groups in total. The molecule has 7 nitrogen and oxygen atoms in total. The molecular weight excluding hydrogens is 296 g/mol. The maximum atomic E-state index is 11.3. The van der Waals surface area contributed by atoms with Gasteiger partial charge in [-0.2, -0.15) is 0 Å². The van der Waals surface area contributed by atoms with Crippen LogP contribution in [-0.4, -0.2) is 25.4 Å². The molecule has 7 heteroatoms. The molecule has 0 amide bonds. The van der Waals surface area contributed by atoms with Gasteiger partial charge < -0.3 is 15.3 Å². The van der Waals surface area contributed by atoms with Gasteiger partial charge in [0.2, 0.25) is 0 Å². The lowest BCUT2D eigenvalue weighted by Crippen LogP contribution is -2.22. The summed E-state index contributed by atoms with van der Waals surface area (Å²) >= 11 is 0. The first-order valence-electron chi connectivity index (χ1n) is 8.54. The summed E-state index contributed by atoms with van der Waals surface area (Å²) in [6.45, 7) is 1.76. The molecule has 0 spiro atoms. The third-order valence-corrected chi connectivity index (χ3v) is 4.63. The summed E-state index contributed by atoms with van der Waals surface area (Å²) in [5.41, 5.74) is 0.634. The first-order chi connectivity index (χ1) is 11.1. The lowest BCUT2D eigenvalue weighted by Gasteiger charge is -2.18. The topological polar surface area (TPSA) is 93.5 Å². The molecule has 2 rings (SSSR count). The van der Waals surface area contributed by atoms with Crippen LogP contribution in [0.15, 0.2) is 11.4 Å². The second-order valence-electron chi connectivity index (χ2n) is 6.26. The molecule has 0 radical (unpaired) electrons. The monoisotopic (exact) mass is 322 g/mol. The molecule has 1 fully saturated rings. The Hall–Kier alpha value is -1.92. The molecule has 1 aliphatic carbocycles. The zero-order chi connectivity index (χ0) is 16.7. The molecule has 1 saturated carbocycles. The minimum absolute atomic E-state index is 0.0271. The van der Waals surface area contributed by atoms with Crippen molar-refractivity contribution in [3.63, 3.8) is 0 Å². The van der Waals surface area contributed by atoms with Crippen LogP contribution in [0.1, 0.15) is 76.1 Å². The van der Waals surface area contributed by atoms with Gasteiger partial charge in [-0.1, -0.05) is 43.7 Å². The number of nitro groups is 1. The standard InChI is InChI=1S/C16H26N4O3/c1-13-17-12-16(20(22)23)19(13)15-11-9-7-5-3-2-4-6-8-10-14(15)18-21/h12,15,21H,2-11H2,1H3/b18-14+/t15-/m0/s1. The number of hydrogen-bond donors (Lipinski definition) is 1. The molecule has 0 saturated heterocycles. The minimum Gasteiger partial charge on any atom is -0.411 e. The third kappa shape index (κ3) is 4.53. The minimum atomic E-state index is -0.412. The number of rotatable bonds is 2. The highest BCUT2D eigenvalue weighted by Gasteiger charge is 2.30. The van der Waals surface area contributed by atoms with Crippen LogP contribution in [0, 0.1) is 17.0 Å². The summed E-state index contributed by atoms with van der Waals surface area (Å²) in [4.78, 5) is 15.0. The molecule has 0 bridgehead atoms. The van der Waals surface area contributed by atoms with Gasteiger partial charge in [0.15, 0.2) is 5.82 Å². The highest BCUT2D eigenvalue weighted by molar-refractivity contribution is 5.88. The first-order valence-corrected chi connectivity index (χ1v) is 8.54. The average molecular weight is 322 g/mol. The van der Waals surface area contributed by atoms with E-state index in [0.717, 1.165) is 32.1 Å². The molecule has 23 heavy (non-hydrogen) atoms. The second kappa shape index (κ2) is 8.64. The van der Waals surface area contributed by atoms with Crippen molar-refractivity contribution in [1.29, 1.82) is 0 Å². The Morgan fingerprint density at radius 3 is 2.43 bits per heavy atom. The molecule has 1 aliphatic rings. The van der Waals surface area contributed by atoms with Gasteiger partial charge >= 0.3 is 5.82 Å². The van der Waals surface area contributed by atoms with E-state index < -0.39 is 4.92 Å². The third-order valence-electron chi connectivity index (χ3n) is 4.63. The van der Waals surface area contributed by atoms with Gasteiger partial charge in [0.1, 0.15) is 18.0 Å². The average Bonchev–Trinajstić information content (AvgIpc) is 2.90. The van der Waals surface area contributed by atoms with E-state index in [0.29, 0.717) is 18.0 Å². The predicted octanol–water partition coefficient (Wildman–Crippen LogP) is 4.39. The van der Waals surface area contributed by atoms with Crippen LogP contribution in [0.2, 0.25) is 0 Å². The Balaban J connectivity index is 2.28. The normalized spacial score (nSPS) is 23.2. The maximum absolute atomic E-state index is 11.3. The fraction of sp³-hybridized carbons (Fsp3) is 0.750. The van der Waals surface area contributed by atoms with Crippen molar-refractivity contribution in [3.05, 3.63) is 22.1 Å². The van der Waals surface area contributed by atoms with E-state index in [1.54, 1.807) is 11.5 Å². The smallest absolute Gasteiger partial charge is 0.343 e. The van der Waals surface area contributed by atoms with Crippen molar-refractivity contribution in [2.24, 2.45) is 5.16 Å². The number of imidazole rings is 1. The number of aryl methyl sites for hydroxylation is 1. The molecule has 128 valence electrons. The van der Waals surface area contributed by atoms with E-state index in [2.05, 4.69) is 10.1 Å². The van der Waals surface area contributed by atoms with Crippen molar-refractivity contribution in [3.8, 4) is 0 Å². The molecular formula is C16H26N4O3. The summed E-state index contributed by atoms with van der Waals surface area (Å²) in [7, 11) is 0. The zero-order valence-corrected chi connectivity index (χ0v) is 13.8. The van der Waals surface area contributed by atoms with Crippen molar-refractivity contribution in [2.75, 3.05) is 0 Å². The fourth-order valence-electron chi connectivity index (χ4n) is 3.39. The van der Waals surface area contributed by atoms with E-state index in [9.17, 15) is 15.3 Å². The zero-order valence-electron chi connectivity index (χ0n) is 13.8. The van der Waals surface area contributed by atoms with Gasteiger partial charge in [-0.05, 0) is 30.6 Å². The SMILES string of the molecule is Cc1ncc([N+](=O)[O-])n1[C@H]1CCCCCCCCCC/C1=N\O. The van der Waals surface area contributed by atoms with Gasteiger partial charge in [0.25, 0.3) is 0 Å². The maximum Gasteiger partial charge on any atom is 0.343 e. The van der Waals surface area contributed by atoms with Gasteiger partial charge in [-0.15, -0.1) is 0 Å². The first kappa shape index (κ1) is 17.4. The molecule has 0 unspecified atom stereocenters. The van der Waals surface area contributed by atoms with E-state index in [1.807, 2.05) is 0 Å². The molecule has 1 heterocycles. The van der Waals surface area contributed by atoms with E-state index in [4.69, 9.17) is 0 Å². The van der Waals surface area contributed by atoms with Crippen molar-refractivity contribution in [2.45, 2.75) is 77.2 Å². The second-order valence-corrected chi connectivity index (χ2v) is 6.26. The molecule has 1 atom stereocenters. The van der Waals surface area contributed by atoms with Crippen molar-refractivity contribution in [1.82, 2.24) is 9.55 Å². The van der Waals surface area contributed by atoms with Crippen molar-refractivity contribution >= 4 is 11.5 Å². The Kier molecular flexibility index (Phi) is 6.55. The highest BCUT2D eigenvalue weighted by atomic mass is 16.6. The number of oxime groups is 1. The molecule has 1 aromatic rings. The predicted molar refractivity (Wildman–Crippen MR) is 88.0 cm³/mol. The van der Waals surface area contributed by atoms with Gasteiger partial charge in [0, 0.05) is 6.92 Å². The fourth-order valence-corrected chi connectivity index (χ4v) is 3.39. The van der Waals surface area contributed by atoms with Crippen LogP contribution in [0.4, 0.5) is 5.82 Å². The van der Waals surface area contributed by atoms with E-state index in [1.165, 1.54) is 31.9 Å². The molecule has 0 aliphatic heterocycles. The lowest BCUT2D eigenvalue weighted by molar-refractivity contribution is -0.392. The Morgan fingerprint density at radius 1 is 1.22 bits per heavy atom.